The maximum atomic E-state index is 14.7. The molecule has 5 nitrogen and oxygen atoms in total. The predicted octanol–water partition coefficient (Wildman–Crippen LogP) is 3.81. The lowest BCUT2D eigenvalue weighted by atomic mass is 10.1. The van der Waals surface area contributed by atoms with Crippen molar-refractivity contribution >= 4 is 0 Å². The van der Waals surface area contributed by atoms with Crippen molar-refractivity contribution in [3.63, 3.8) is 0 Å². The molecule has 0 bridgehead atoms. The molecule has 0 atom stereocenters. The number of aliphatic hydroxyl groups is 1. The minimum Gasteiger partial charge on any atom is -0.479 e. The fourth-order valence-electron chi connectivity index (χ4n) is 2.82. The summed E-state index contributed by atoms with van der Waals surface area (Å²) >= 11 is 0. The summed E-state index contributed by atoms with van der Waals surface area (Å²) in [6, 6.07) is 5.50. The Morgan fingerprint density at radius 2 is 1.93 bits per heavy atom. The van der Waals surface area contributed by atoms with Gasteiger partial charge < -0.3 is 9.84 Å². The summed E-state index contributed by atoms with van der Waals surface area (Å²) in [5.74, 6) is -2.31. The molecule has 1 aromatic carbocycles. The van der Waals surface area contributed by atoms with E-state index in [1.54, 1.807) is 12.1 Å². The second-order valence-corrected chi connectivity index (χ2v) is 5.91. The third-order valence-corrected chi connectivity index (χ3v) is 4.11. The van der Waals surface area contributed by atoms with Crippen molar-refractivity contribution in [2.75, 3.05) is 7.11 Å². The van der Waals surface area contributed by atoms with Crippen LogP contribution in [-0.4, -0.2) is 26.8 Å². The van der Waals surface area contributed by atoms with Gasteiger partial charge in [0.2, 0.25) is 11.8 Å². The van der Waals surface area contributed by atoms with Crippen LogP contribution in [0.25, 0.3) is 17.1 Å². The largest absolute Gasteiger partial charge is 0.479 e. The Balaban J connectivity index is 2.17. The first kappa shape index (κ1) is 18.9. The fraction of sp³-hybridized carbons (Fsp3) is 0.263. The van der Waals surface area contributed by atoms with Crippen molar-refractivity contribution in [3.8, 4) is 23.0 Å². The highest BCUT2D eigenvalue weighted by Gasteiger charge is 2.21. The number of imidazole rings is 1. The van der Waals surface area contributed by atoms with Gasteiger partial charge in [0, 0.05) is 11.6 Å². The summed E-state index contributed by atoms with van der Waals surface area (Å²) in [4.78, 5) is 7.84. The topological polar surface area (TPSA) is 60.2 Å². The Morgan fingerprint density at radius 3 is 2.52 bits per heavy atom. The standard InChI is InChI=1S/C19H18F3N3O2/c1-3-4-11-5-6-12(7-14(11)20)18-24-16(10-26)17(22)25(18)13-8-15(21)19(27-2)23-9-13/h5-9,26H,3-4,10H2,1-2H3. The number of ether oxygens (including phenoxy) is 1. The van der Waals surface area contributed by atoms with Crippen LogP contribution in [0.2, 0.25) is 0 Å². The lowest BCUT2D eigenvalue weighted by Crippen LogP contribution is -2.04. The summed E-state index contributed by atoms with van der Waals surface area (Å²) in [5, 5.41) is 9.36. The van der Waals surface area contributed by atoms with Crippen LogP contribution >= 0.6 is 0 Å². The van der Waals surface area contributed by atoms with E-state index in [9.17, 15) is 18.3 Å². The van der Waals surface area contributed by atoms with E-state index in [0.717, 1.165) is 17.1 Å². The van der Waals surface area contributed by atoms with Crippen molar-refractivity contribution in [1.82, 2.24) is 14.5 Å². The third kappa shape index (κ3) is 3.52. The van der Waals surface area contributed by atoms with Gasteiger partial charge in [0.1, 0.15) is 17.3 Å². The van der Waals surface area contributed by atoms with Gasteiger partial charge in [-0.05, 0) is 18.1 Å². The number of halogens is 3. The number of nitrogens with zero attached hydrogens (tertiary/aromatic N) is 3. The van der Waals surface area contributed by atoms with Crippen molar-refractivity contribution in [1.29, 1.82) is 0 Å². The molecule has 142 valence electrons. The molecule has 0 unspecified atom stereocenters. The van der Waals surface area contributed by atoms with E-state index in [0.29, 0.717) is 17.5 Å². The van der Waals surface area contributed by atoms with Gasteiger partial charge in [0.05, 0.1) is 25.6 Å². The summed E-state index contributed by atoms with van der Waals surface area (Å²) in [5.41, 5.74) is 0.631. The molecule has 8 heteroatoms. The summed E-state index contributed by atoms with van der Waals surface area (Å²) < 4.78 is 48.9. The first-order chi connectivity index (χ1) is 13.0. The predicted molar refractivity (Wildman–Crippen MR) is 93.1 cm³/mol. The molecule has 0 radical (unpaired) electrons. The van der Waals surface area contributed by atoms with Crippen molar-refractivity contribution in [2.24, 2.45) is 0 Å². The highest BCUT2D eigenvalue weighted by atomic mass is 19.1. The SMILES string of the molecule is CCCc1ccc(-c2nc(CO)c(F)n2-c2cnc(OC)c(F)c2)cc1F. The van der Waals surface area contributed by atoms with Crippen LogP contribution < -0.4 is 4.74 Å². The van der Waals surface area contributed by atoms with Crippen LogP contribution in [0.15, 0.2) is 30.5 Å². The Hall–Kier alpha value is -2.87. The van der Waals surface area contributed by atoms with Crippen LogP contribution in [0.4, 0.5) is 13.2 Å². The zero-order valence-electron chi connectivity index (χ0n) is 14.8. The molecule has 0 aliphatic carbocycles. The highest BCUT2D eigenvalue weighted by molar-refractivity contribution is 5.60. The van der Waals surface area contributed by atoms with E-state index in [2.05, 4.69) is 9.97 Å². The summed E-state index contributed by atoms with van der Waals surface area (Å²) in [6.07, 6.45) is 2.56. The summed E-state index contributed by atoms with van der Waals surface area (Å²) in [6.45, 7) is 1.28. The van der Waals surface area contributed by atoms with E-state index in [1.165, 1.54) is 19.4 Å². The Labute approximate surface area is 154 Å². The van der Waals surface area contributed by atoms with Gasteiger partial charge in [-0.3, -0.25) is 4.57 Å². The molecule has 1 N–H and O–H groups in total. The van der Waals surface area contributed by atoms with Crippen molar-refractivity contribution in [3.05, 3.63) is 59.3 Å². The summed E-state index contributed by atoms with van der Waals surface area (Å²) in [7, 11) is 1.26. The van der Waals surface area contributed by atoms with E-state index >= 15 is 0 Å². The molecule has 0 spiro atoms. The van der Waals surface area contributed by atoms with E-state index in [-0.39, 0.29) is 23.1 Å². The van der Waals surface area contributed by atoms with Crippen LogP contribution in [0.1, 0.15) is 24.6 Å². The van der Waals surface area contributed by atoms with Crippen LogP contribution in [-0.2, 0) is 13.0 Å². The number of rotatable bonds is 6. The number of methoxy groups -OCH3 is 1. The molecule has 3 rings (SSSR count). The number of hydrogen-bond acceptors (Lipinski definition) is 4. The number of benzene rings is 1. The second-order valence-electron chi connectivity index (χ2n) is 5.91. The van der Waals surface area contributed by atoms with E-state index in [4.69, 9.17) is 4.74 Å². The highest BCUT2D eigenvalue weighted by Crippen LogP contribution is 2.28. The first-order valence-corrected chi connectivity index (χ1v) is 8.36. The van der Waals surface area contributed by atoms with Gasteiger partial charge in [-0.2, -0.15) is 4.39 Å². The van der Waals surface area contributed by atoms with Gasteiger partial charge >= 0.3 is 0 Å². The van der Waals surface area contributed by atoms with Gasteiger partial charge in [0.15, 0.2) is 5.82 Å². The first-order valence-electron chi connectivity index (χ1n) is 8.36. The molecule has 27 heavy (non-hydrogen) atoms. The van der Waals surface area contributed by atoms with Crippen molar-refractivity contribution in [2.45, 2.75) is 26.4 Å². The van der Waals surface area contributed by atoms with Gasteiger partial charge in [-0.1, -0.05) is 25.5 Å². The molecule has 0 aliphatic heterocycles. The molecule has 2 heterocycles. The normalized spacial score (nSPS) is 11.0. The molecule has 2 aromatic heterocycles. The molecule has 0 saturated carbocycles. The maximum absolute atomic E-state index is 14.7. The minimum absolute atomic E-state index is 0.0323. The monoisotopic (exact) mass is 377 g/mol. The lowest BCUT2D eigenvalue weighted by Gasteiger charge is -2.10. The van der Waals surface area contributed by atoms with Crippen LogP contribution in [0.5, 0.6) is 5.88 Å². The van der Waals surface area contributed by atoms with Crippen LogP contribution in [0, 0.1) is 17.6 Å². The van der Waals surface area contributed by atoms with Crippen molar-refractivity contribution < 1.29 is 23.0 Å². The minimum atomic E-state index is -0.878. The zero-order chi connectivity index (χ0) is 19.6. The van der Waals surface area contributed by atoms with E-state index < -0.39 is 24.2 Å². The quantitative estimate of drug-likeness (QED) is 0.710. The average molecular weight is 377 g/mol. The van der Waals surface area contributed by atoms with Crippen LogP contribution in [0.3, 0.4) is 0 Å². The molecule has 0 amide bonds. The van der Waals surface area contributed by atoms with Gasteiger partial charge in [-0.25, -0.2) is 18.7 Å². The zero-order valence-corrected chi connectivity index (χ0v) is 14.8. The number of pyridine rings is 1. The lowest BCUT2D eigenvalue weighted by molar-refractivity contribution is 0.270. The number of aliphatic hydroxyl groups excluding tert-OH is 1. The average Bonchev–Trinajstić information content (AvgIpc) is 3.00. The number of aromatic nitrogens is 3. The molecule has 0 aliphatic rings. The third-order valence-electron chi connectivity index (χ3n) is 4.11. The molecule has 0 saturated heterocycles. The molecular formula is C19H18F3N3O2. The number of aryl methyl sites for hydroxylation is 1. The van der Waals surface area contributed by atoms with Gasteiger partial charge in [-0.15, -0.1) is 0 Å². The maximum Gasteiger partial charge on any atom is 0.250 e. The Bertz CT molecular complexity index is 973. The number of hydrogen-bond donors (Lipinski definition) is 1. The molecule has 0 fully saturated rings. The second kappa shape index (κ2) is 7.79. The Kier molecular flexibility index (Phi) is 5.46. The molecular weight excluding hydrogens is 359 g/mol. The Morgan fingerprint density at radius 1 is 1.15 bits per heavy atom. The van der Waals surface area contributed by atoms with Gasteiger partial charge in [0.25, 0.3) is 0 Å². The fourth-order valence-corrected chi connectivity index (χ4v) is 2.82. The molecule has 3 aromatic rings. The van der Waals surface area contributed by atoms with E-state index in [1.807, 2.05) is 6.92 Å². The smallest absolute Gasteiger partial charge is 0.250 e.